The number of nitrogens with zero attached hydrogens (tertiary/aromatic N) is 6. The average Bonchev–Trinajstić information content (AvgIpc) is 3.38. The molecule has 0 unspecified atom stereocenters. The van der Waals surface area contributed by atoms with Crippen molar-refractivity contribution in [2.24, 2.45) is 0 Å². The summed E-state index contributed by atoms with van der Waals surface area (Å²) in [5.41, 5.74) is 5.32. The Morgan fingerprint density at radius 2 is 1.89 bits per heavy atom. The molecule has 28 heavy (non-hydrogen) atoms. The summed E-state index contributed by atoms with van der Waals surface area (Å²) in [4.78, 5) is 6.71. The predicted molar refractivity (Wildman–Crippen MR) is 111 cm³/mol. The molecule has 1 aliphatic heterocycles. The maximum Gasteiger partial charge on any atom is 0.179 e. The van der Waals surface area contributed by atoms with Crippen LogP contribution in [0.5, 0.6) is 0 Å². The quantitative estimate of drug-likeness (QED) is 0.680. The lowest BCUT2D eigenvalue weighted by Gasteiger charge is -2.36. The Bertz CT molecular complexity index is 996. The van der Waals surface area contributed by atoms with Crippen molar-refractivity contribution in [2.45, 2.75) is 51.0 Å². The molecular weight excluding hydrogens is 368 g/mol. The summed E-state index contributed by atoms with van der Waals surface area (Å²) in [7, 11) is 0. The summed E-state index contributed by atoms with van der Waals surface area (Å²) in [6.07, 6.45) is 9.77. The molecule has 2 aliphatic carbocycles. The minimum absolute atomic E-state index is 0.569. The van der Waals surface area contributed by atoms with Gasteiger partial charge in [-0.05, 0) is 55.0 Å². The van der Waals surface area contributed by atoms with Crippen molar-refractivity contribution in [3.8, 4) is 0 Å². The number of fused-ring (bicyclic) bond motifs is 2. The summed E-state index contributed by atoms with van der Waals surface area (Å²) in [5.74, 6) is 1.60. The van der Waals surface area contributed by atoms with Crippen molar-refractivity contribution >= 4 is 22.7 Å². The molecule has 3 aromatic rings. The highest BCUT2D eigenvalue weighted by molar-refractivity contribution is 7.10. The highest BCUT2D eigenvalue weighted by atomic mass is 32.1. The molecule has 4 heterocycles. The van der Waals surface area contributed by atoms with E-state index in [9.17, 15) is 0 Å². The number of hydrogen-bond acceptors (Lipinski definition) is 6. The van der Waals surface area contributed by atoms with Gasteiger partial charge in [0.15, 0.2) is 11.5 Å². The standard InChI is InChI=1S/C21H26N6S/c1-2-4-19-18(3-1)16(14-28-19)13-25-7-9-26(10-8-25)17-11-20-23-24-21(15-5-6-15)27(20)22-12-17/h11-12,14-15H,1-10,13H2. The molecule has 0 aromatic carbocycles. The fourth-order valence-corrected chi connectivity index (χ4v) is 5.81. The van der Waals surface area contributed by atoms with Gasteiger partial charge in [-0.3, -0.25) is 4.90 Å². The second kappa shape index (κ2) is 6.81. The lowest BCUT2D eigenvalue weighted by atomic mass is 9.95. The van der Waals surface area contributed by atoms with Crippen LogP contribution in [0.25, 0.3) is 5.65 Å². The van der Waals surface area contributed by atoms with Gasteiger partial charge in [-0.1, -0.05) is 0 Å². The van der Waals surface area contributed by atoms with Gasteiger partial charge in [0, 0.05) is 49.6 Å². The van der Waals surface area contributed by atoms with Gasteiger partial charge in [0.05, 0.1) is 11.9 Å². The van der Waals surface area contributed by atoms with Crippen LogP contribution in [-0.2, 0) is 19.4 Å². The van der Waals surface area contributed by atoms with Crippen molar-refractivity contribution in [1.29, 1.82) is 0 Å². The number of thiophene rings is 1. The van der Waals surface area contributed by atoms with E-state index in [1.807, 2.05) is 22.0 Å². The van der Waals surface area contributed by atoms with Crippen molar-refractivity contribution in [1.82, 2.24) is 24.7 Å². The van der Waals surface area contributed by atoms with Gasteiger partial charge in [-0.2, -0.15) is 9.61 Å². The van der Waals surface area contributed by atoms with Crippen LogP contribution in [0.1, 0.15) is 53.4 Å². The van der Waals surface area contributed by atoms with E-state index in [0.717, 1.165) is 44.2 Å². The molecule has 2 fully saturated rings. The van der Waals surface area contributed by atoms with Gasteiger partial charge < -0.3 is 4.90 Å². The number of rotatable bonds is 4. The number of piperazine rings is 1. The van der Waals surface area contributed by atoms with E-state index < -0.39 is 0 Å². The Morgan fingerprint density at radius 1 is 1.04 bits per heavy atom. The molecule has 7 heteroatoms. The van der Waals surface area contributed by atoms with Crippen molar-refractivity contribution < 1.29 is 0 Å². The van der Waals surface area contributed by atoms with Crippen LogP contribution in [0, 0.1) is 0 Å². The summed E-state index contributed by atoms with van der Waals surface area (Å²) in [6.45, 7) is 5.43. The van der Waals surface area contributed by atoms with Gasteiger partial charge in [0.2, 0.25) is 0 Å². The SMILES string of the molecule is c1nn2c(C3CC3)nnc2cc1N1CCN(Cc2csc3c2CCCC3)CC1. The van der Waals surface area contributed by atoms with E-state index in [2.05, 4.69) is 36.5 Å². The molecule has 0 radical (unpaired) electrons. The third-order valence-electron chi connectivity index (χ3n) is 6.49. The molecule has 0 spiro atoms. The van der Waals surface area contributed by atoms with E-state index in [-0.39, 0.29) is 0 Å². The predicted octanol–water partition coefficient (Wildman–Crippen LogP) is 3.26. The van der Waals surface area contributed by atoms with Crippen molar-refractivity contribution in [3.05, 3.63) is 39.5 Å². The Hall–Kier alpha value is -1.99. The summed E-state index contributed by atoms with van der Waals surface area (Å²) < 4.78 is 1.93. The van der Waals surface area contributed by atoms with E-state index in [0.29, 0.717) is 5.92 Å². The second-order valence-electron chi connectivity index (χ2n) is 8.45. The van der Waals surface area contributed by atoms with Crippen LogP contribution in [0.4, 0.5) is 5.69 Å². The smallest absolute Gasteiger partial charge is 0.179 e. The Morgan fingerprint density at radius 3 is 2.75 bits per heavy atom. The first-order valence-electron chi connectivity index (χ1n) is 10.6. The maximum atomic E-state index is 4.64. The minimum Gasteiger partial charge on any atom is -0.368 e. The number of hydrogen-bond donors (Lipinski definition) is 0. The van der Waals surface area contributed by atoms with E-state index >= 15 is 0 Å². The molecule has 1 saturated carbocycles. The van der Waals surface area contributed by atoms with Gasteiger partial charge >= 0.3 is 0 Å². The molecule has 0 N–H and O–H groups in total. The Balaban J connectivity index is 1.12. The fourth-order valence-electron chi connectivity index (χ4n) is 4.67. The largest absolute Gasteiger partial charge is 0.368 e. The zero-order valence-corrected chi connectivity index (χ0v) is 17.0. The van der Waals surface area contributed by atoms with Gasteiger partial charge in [0.1, 0.15) is 0 Å². The van der Waals surface area contributed by atoms with Crippen molar-refractivity contribution in [3.63, 3.8) is 0 Å². The first-order chi connectivity index (χ1) is 13.8. The topological polar surface area (TPSA) is 49.6 Å². The normalized spacial score (nSPS) is 20.6. The highest BCUT2D eigenvalue weighted by Crippen LogP contribution is 2.38. The monoisotopic (exact) mass is 394 g/mol. The van der Waals surface area contributed by atoms with Crippen LogP contribution in [0.15, 0.2) is 17.6 Å². The van der Waals surface area contributed by atoms with Crippen LogP contribution < -0.4 is 4.90 Å². The summed E-state index contributed by atoms with van der Waals surface area (Å²) in [5, 5.41) is 15.8. The minimum atomic E-state index is 0.569. The molecular formula is C21H26N6S. The van der Waals surface area contributed by atoms with Crippen LogP contribution in [0.3, 0.4) is 0 Å². The summed E-state index contributed by atoms with van der Waals surface area (Å²) in [6, 6.07) is 2.15. The Kier molecular flexibility index (Phi) is 4.12. The zero-order chi connectivity index (χ0) is 18.5. The molecule has 146 valence electrons. The zero-order valence-electron chi connectivity index (χ0n) is 16.2. The van der Waals surface area contributed by atoms with Crippen molar-refractivity contribution in [2.75, 3.05) is 31.1 Å². The molecule has 6 rings (SSSR count). The van der Waals surface area contributed by atoms with E-state index in [1.165, 1.54) is 44.2 Å². The number of aryl methyl sites for hydroxylation is 1. The van der Waals surface area contributed by atoms with Gasteiger partial charge in [-0.25, -0.2) is 0 Å². The van der Waals surface area contributed by atoms with Gasteiger partial charge in [0.25, 0.3) is 0 Å². The van der Waals surface area contributed by atoms with Crippen LogP contribution >= 0.6 is 11.3 Å². The fraction of sp³-hybridized carbons (Fsp3) is 0.571. The van der Waals surface area contributed by atoms with E-state index in [1.54, 1.807) is 16.0 Å². The lowest BCUT2D eigenvalue weighted by Crippen LogP contribution is -2.46. The molecule has 3 aromatic heterocycles. The van der Waals surface area contributed by atoms with E-state index in [4.69, 9.17) is 0 Å². The Labute approximate surface area is 169 Å². The van der Waals surface area contributed by atoms with Gasteiger partial charge in [-0.15, -0.1) is 21.5 Å². The average molecular weight is 395 g/mol. The molecule has 0 bridgehead atoms. The lowest BCUT2D eigenvalue weighted by molar-refractivity contribution is 0.249. The molecule has 3 aliphatic rings. The second-order valence-corrected chi connectivity index (χ2v) is 9.41. The van der Waals surface area contributed by atoms with Crippen LogP contribution in [0.2, 0.25) is 0 Å². The molecule has 0 atom stereocenters. The molecule has 1 saturated heterocycles. The first-order valence-corrected chi connectivity index (χ1v) is 11.5. The molecule has 6 nitrogen and oxygen atoms in total. The van der Waals surface area contributed by atoms with Crippen LogP contribution in [-0.4, -0.2) is 50.9 Å². The third-order valence-corrected chi connectivity index (χ3v) is 7.63. The maximum absolute atomic E-state index is 4.64. The first kappa shape index (κ1) is 16.9. The number of anilines is 1. The highest BCUT2D eigenvalue weighted by Gasteiger charge is 2.29. The number of aromatic nitrogens is 4. The molecule has 0 amide bonds. The third kappa shape index (κ3) is 3.01. The summed E-state index contributed by atoms with van der Waals surface area (Å²) >= 11 is 1.99.